The molecule has 6 heteroatoms. The van der Waals surface area contributed by atoms with Crippen LogP contribution >= 0.6 is 0 Å². The second kappa shape index (κ2) is 5.55. The molecule has 2 aromatic rings. The number of aromatic nitrogens is 2. The average molecular weight is 287 g/mol. The summed E-state index contributed by atoms with van der Waals surface area (Å²) in [6, 6.07) is 7.15. The van der Waals surface area contributed by atoms with Gasteiger partial charge in [-0.25, -0.2) is 0 Å². The standard InChI is InChI=1S/C15H17N3O3/c1-10-16-17-14(21-10)12-7-8-18(9-12)15(19)11-3-5-13(20-2)6-4-11/h3-6,12H,7-9H2,1-2H3/t12-/m0/s1. The van der Waals surface area contributed by atoms with Crippen LogP contribution in [-0.4, -0.2) is 41.2 Å². The first-order valence-electron chi connectivity index (χ1n) is 6.90. The van der Waals surface area contributed by atoms with Crippen LogP contribution in [0.5, 0.6) is 5.75 Å². The van der Waals surface area contributed by atoms with Crippen LogP contribution in [0.15, 0.2) is 28.7 Å². The number of methoxy groups -OCH3 is 1. The Morgan fingerprint density at radius 3 is 2.71 bits per heavy atom. The van der Waals surface area contributed by atoms with E-state index >= 15 is 0 Å². The Kier molecular flexibility index (Phi) is 3.60. The van der Waals surface area contributed by atoms with Crippen LogP contribution in [0.3, 0.4) is 0 Å². The molecule has 1 aromatic carbocycles. The monoisotopic (exact) mass is 287 g/mol. The van der Waals surface area contributed by atoms with Gasteiger partial charge in [0, 0.05) is 25.6 Å². The second-order valence-corrected chi connectivity index (χ2v) is 5.12. The summed E-state index contributed by atoms with van der Waals surface area (Å²) < 4.78 is 10.6. The van der Waals surface area contributed by atoms with E-state index in [1.54, 1.807) is 38.3 Å². The molecule has 0 aliphatic carbocycles. The second-order valence-electron chi connectivity index (χ2n) is 5.12. The molecule has 0 unspecified atom stereocenters. The number of ether oxygens (including phenoxy) is 1. The fourth-order valence-corrected chi connectivity index (χ4v) is 2.54. The van der Waals surface area contributed by atoms with Gasteiger partial charge >= 0.3 is 0 Å². The smallest absolute Gasteiger partial charge is 0.253 e. The summed E-state index contributed by atoms with van der Waals surface area (Å²) in [7, 11) is 1.61. The Morgan fingerprint density at radius 2 is 2.10 bits per heavy atom. The molecule has 0 N–H and O–H groups in total. The van der Waals surface area contributed by atoms with Crippen molar-refractivity contribution in [2.75, 3.05) is 20.2 Å². The van der Waals surface area contributed by atoms with Crippen molar-refractivity contribution >= 4 is 5.91 Å². The van der Waals surface area contributed by atoms with Crippen molar-refractivity contribution in [2.45, 2.75) is 19.3 Å². The fraction of sp³-hybridized carbons (Fsp3) is 0.400. The number of hydrogen-bond donors (Lipinski definition) is 0. The molecule has 2 heterocycles. The fourth-order valence-electron chi connectivity index (χ4n) is 2.54. The highest BCUT2D eigenvalue weighted by molar-refractivity contribution is 5.94. The highest BCUT2D eigenvalue weighted by Gasteiger charge is 2.31. The molecule has 1 aromatic heterocycles. The van der Waals surface area contributed by atoms with Crippen LogP contribution in [0.4, 0.5) is 0 Å². The van der Waals surface area contributed by atoms with Gasteiger partial charge in [-0.05, 0) is 30.7 Å². The maximum absolute atomic E-state index is 12.4. The Hall–Kier alpha value is -2.37. The van der Waals surface area contributed by atoms with Crippen molar-refractivity contribution in [3.8, 4) is 5.75 Å². The molecular formula is C15H17N3O3. The number of carbonyl (C=O) groups is 1. The lowest BCUT2D eigenvalue weighted by atomic mass is 10.1. The number of nitrogens with zero attached hydrogens (tertiary/aromatic N) is 3. The van der Waals surface area contributed by atoms with Gasteiger partial charge in [0.25, 0.3) is 5.91 Å². The molecule has 110 valence electrons. The Bertz CT molecular complexity index is 636. The summed E-state index contributed by atoms with van der Waals surface area (Å²) in [4.78, 5) is 14.3. The number of benzene rings is 1. The zero-order chi connectivity index (χ0) is 14.8. The van der Waals surface area contributed by atoms with Crippen molar-refractivity contribution in [3.05, 3.63) is 41.6 Å². The molecule has 1 aliphatic heterocycles. The first-order chi connectivity index (χ1) is 10.2. The maximum Gasteiger partial charge on any atom is 0.253 e. The van der Waals surface area contributed by atoms with E-state index in [0.29, 0.717) is 30.4 Å². The van der Waals surface area contributed by atoms with Crippen LogP contribution in [-0.2, 0) is 0 Å². The van der Waals surface area contributed by atoms with E-state index in [-0.39, 0.29) is 11.8 Å². The lowest BCUT2D eigenvalue weighted by molar-refractivity contribution is 0.0790. The first kappa shape index (κ1) is 13.6. The van der Waals surface area contributed by atoms with Crippen LogP contribution < -0.4 is 4.74 Å². The van der Waals surface area contributed by atoms with Crippen LogP contribution in [0.1, 0.15) is 34.5 Å². The van der Waals surface area contributed by atoms with E-state index in [9.17, 15) is 4.79 Å². The van der Waals surface area contributed by atoms with Gasteiger partial charge in [0.2, 0.25) is 11.8 Å². The van der Waals surface area contributed by atoms with Gasteiger partial charge in [0.15, 0.2) is 0 Å². The molecular weight excluding hydrogens is 270 g/mol. The zero-order valence-electron chi connectivity index (χ0n) is 12.1. The van der Waals surface area contributed by atoms with Crippen molar-refractivity contribution in [2.24, 2.45) is 0 Å². The lowest BCUT2D eigenvalue weighted by Gasteiger charge is -2.16. The van der Waals surface area contributed by atoms with Gasteiger partial charge < -0.3 is 14.1 Å². The van der Waals surface area contributed by atoms with E-state index in [1.165, 1.54) is 0 Å². The highest BCUT2D eigenvalue weighted by Crippen LogP contribution is 2.27. The van der Waals surface area contributed by atoms with E-state index in [0.717, 1.165) is 12.2 Å². The predicted molar refractivity (Wildman–Crippen MR) is 75.3 cm³/mol. The molecule has 0 radical (unpaired) electrons. The quantitative estimate of drug-likeness (QED) is 0.864. The Balaban J connectivity index is 1.68. The number of rotatable bonds is 3. The van der Waals surface area contributed by atoms with Crippen molar-refractivity contribution in [1.29, 1.82) is 0 Å². The van der Waals surface area contributed by atoms with Crippen LogP contribution in [0, 0.1) is 6.92 Å². The minimum Gasteiger partial charge on any atom is -0.497 e. The molecule has 0 spiro atoms. The van der Waals surface area contributed by atoms with Gasteiger partial charge in [-0.3, -0.25) is 4.79 Å². The SMILES string of the molecule is COc1ccc(C(=O)N2CC[C@H](c3nnc(C)o3)C2)cc1. The molecule has 1 saturated heterocycles. The molecule has 1 aliphatic rings. The summed E-state index contributed by atoms with van der Waals surface area (Å²) in [6.45, 7) is 3.09. The third-order valence-corrected chi connectivity index (χ3v) is 3.70. The minimum atomic E-state index is 0.0244. The minimum absolute atomic E-state index is 0.0244. The summed E-state index contributed by atoms with van der Waals surface area (Å²) in [6.07, 6.45) is 0.851. The molecule has 1 fully saturated rings. The predicted octanol–water partition coefficient (Wildman–Crippen LogP) is 2.02. The van der Waals surface area contributed by atoms with Crippen molar-refractivity contribution in [1.82, 2.24) is 15.1 Å². The topological polar surface area (TPSA) is 68.5 Å². The number of hydrogen-bond acceptors (Lipinski definition) is 5. The van der Waals surface area contributed by atoms with Gasteiger partial charge in [-0.2, -0.15) is 0 Å². The number of amides is 1. The van der Waals surface area contributed by atoms with Gasteiger partial charge in [-0.15, -0.1) is 10.2 Å². The zero-order valence-corrected chi connectivity index (χ0v) is 12.1. The third-order valence-electron chi connectivity index (χ3n) is 3.70. The first-order valence-corrected chi connectivity index (χ1v) is 6.90. The summed E-state index contributed by atoms with van der Waals surface area (Å²) >= 11 is 0. The van der Waals surface area contributed by atoms with E-state index in [4.69, 9.17) is 9.15 Å². The van der Waals surface area contributed by atoms with Crippen LogP contribution in [0.2, 0.25) is 0 Å². The summed E-state index contributed by atoms with van der Waals surface area (Å²) in [5, 5.41) is 7.89. The summed E-state index contributed by atoms with van der Waals surface area (Å²) in [5.74, 6) is 2.08. The normalized spacial score (nSPS) is 18.0. The van der Waals surface area contributed by atoms with Crippen molar-refractivity contribution < 1.29 is 13.9 Å². The average Bonchev–Trinajstić information content (AvgIpc) is 3.15. The van der Waals surface area contributed by atoms with E-state index in [1.807, 2.05) is 4.90 Å². The molecule has 6 nitrogen and oxygen atoms in total. The van der Waals surface area contributed by atoms with Gasteiger partial charge in [0.05, 0.1) is 13.0 Å². The molecule has 1 atom stereocenters. The molecule has 3 rings (SSSR count). The number of likely N-dealkylation sites (tertiary alicyclic amines) is 1. The molecule has 0 bridgehead atoms. The van der Waals surface area contributed by atoms with E-state index in [2.05, 4.69) is 10.2 Å². The molecule has 21 heavy (non-hydrogen) atoms. The van der Waals surface area contributed by atoms with Crippen molar-refractivity contribution in [3.63, 3.8) is 0 Å². The lowest BCUT2D eigenvalue weighted by Crippen LogP contribution is -2.28. The number of aryl methyl sites for hydroxylation is 1. The highest BCUT2D eigenvalue weighted by atomic mass is 16.5. The third kappa shape index (κ3) is 2.74. The summed E-state index contributed by atoms with van der Waals surface area (Å²) in [5.41, 5.74) is 0.665. The molecule has 0 saturated carbocycles. The Morgan fingerprint density at radius 1 is 1.33 bits per heavy atom. The van der Waals surface area contributed by atoms with E-state index < -0.39 is 0 Å². The Labute approximate surface area is 122 Å². The maximum atomic E-state index is 12.4. The van der Waals surface area contributed by atoms with Gasteiger partial charge in [-0.1, -0.05) is 0 Å². The van der Waals surface area contributed by atoms with Crippen LogP contribution in [0.25, 0.3) is 0 Å². The largest absolute Gasteiger partial charge is 0.497 e. The van der Waals surface area contributed by atoms with Gasteiger partial charge in [0.1, 0.15) is 5.75 Å². The molecule has 1 amide bonds. The number of carbonyl (C=O) groups excluding carboxylic acids is 1.